The van der Waals surface area contributed by atoms with Gasteiger partial charge in [0, 0.05) is 13.1 Å². The number of likely N-dealkylation sites (tertiary alicyclic amines) is 1. The number of rotatable bonds is 6. The molecule has 26 heavy (non-hydrogen) atoms. The maximum Gasteiger partial charge on any atom is 0.326 e. The molecule has 0 bridgehead atoms. The second kappa shape index (κ2) is 8.05. The molecule has 0 unspecified atom stereocenters. The molecular weight excluding hydrogens is 338 g/mol. The Kier molecular flexibility index (Phi) is 6.26. The van der Waals surface area contributed by atoms with Gasteiger partial charge in [0.15, 0.2) is 6.61 Å². The van der Waals surface area contributed by atoms with E-state index in [0.717, 1.165) is 11.3 Å². The highest BCUT2D eigenvalue weighted by molar-refractivity contribution is 6.08. The number of nitrogens with one attached hydrogen (secondary N) is 1. The summed E-state index contributed by atoms with van der Waals surface area (Å²) in [6.07, 6.45) is 1.97. The second-order valence-corrected chi connectivity index (χ2v) is 7.52. The van der Waals surface area contributed by atoms with Gasteiger partial charge < -0.3 is 15.0 Å². The molecular formula is C18H29N3O5. The van der Waals surface area contributed by atoms with Crippen molar-refractivity contribution in [3.63, 3.8) is 0 Å². The number of hydrogen-bond donors (Lipinski definition) is 1. The Hall–Kier alpha value is -2.12. The Morgan fingerprint density at radius 1 is 1.15 bits per heavy atom. The van der Waals surface area contributed by atoms with E-state index in [2.05, 4.69) is 19.2 Å². The van der Waals surface area contributed by atoms with Gasteiger partial charge in [-0.2, -0.15) is 0 Å². The number of amides is 4. The number of imide groups is 1. The van der Waals surface area contributed by atoms with Crippen molar-refractivity contribution in [3.8, 4) is 0 Å². The molecule has 0 aliphatic carbocycles. The molecule has 2 heterocycles. The van der Waals surface area contributed by atoms with Gasteiger partial charge >= 0.3 is 12.0 Å². The fraction of sp³-hybridized carbons (Fsp3) is 0.778. The zero-order valence-corrected chi connectivity index (χ0v) is 16.0. The summed E-state index contributed by atoms with van der Waals surface area (Å²) in [4.78, 5) is 51.3. The third-order valence-electron chi connectivity index (χ3n) is 5.32. The van der Waals surface area contributed by atoms with Gasteiger partial charge in [0.1, 0.15) is 12.1 Å². The van der Waals surface area contributed by atoms with Gasteiger partial charge in [0.2, 0.25) is 0 Å². The quantitative estimate of drug-likeness (QED) is 0.561. The summed E-state index contributed by atoms with van der Waals surface area (Å²) in [6, 6.07) is -0.597. The summed E-state index contributed by atoms with van der Waals surface area (Å²) >= 11 is 0. The minimum Gasteiger partial charge on any atom is -0.454 e. The van der Waals surface area contributed by atoms with Crippen LogP contribution in [0.1, 0.15) is 47.0 Å². The zero-order chi connectivity index (χ0) is 19.5. The van der Waals surface area contributed by atoms with E-state index in [0.29, 0.717) is 37.8 Å². The lowest BCUT2D eigenvalue weighted by molar-refractivity contribution is -0.154. The first kappa shape index (κ1) is 20.2. The van der Waals surface area contributed by atoms with Crippen molar-refractivity contribution >= 4 is 23.8 Å². The van der Waals surface area contributed by atoms with Crippen LogP contribution in [0.15, 0.2) is 0 Å². The first-order chi connectivity index (χ1) is 12.2. The lowest BCUT2D eigenvalue weighted by atomic mass is 9.92. The number of piperidine rings is 1. The normalized spacial score (nSPS) is 25.2. The van der Waals surface area contributed by atoms with E-state index in [1.807, 2.05) is 13.8 Å². The van der Waals surface area contributed by atoms with E-state index >= 15 is 0 Å². The Morgan fingerprint density at radius 3 is 2.23 bits per heavy atom. The first-order valence-electron chi connectivity index (χ1n) is 9.29. The van der Waals surface area contributed by atoms with Gasteiger partial charge in [-0.05, 0) is 31.1 Å². The Morgan fingerprint density at radius 2 is 1.73 bits per heavy atom. The summed E-state index contributed by atoms with van der Waals surface area (Å²) < 4.78 is 5.02. The highest BCUT2D eigenvalue weighted by Crippen LogP contribution is 2.25. The number of carbonyl (C=O) groups excluding carboxylic acids is 4. The summed E-state index contributed by atoms with van der Waals surface area (Å²) in [6.45, 7) is 8.26. The highest BCUT2D eigenvalue weighted by Gasteiger charge is 2.49. The van der Waals surface area contributed by atoms with Crippen molar-refractivity contribution in [1.29, 1.82) is 0 Å². The minimum absolute atomic E-state index is 0.245. The molecule has 2 saturated heterocycles. The molecule has 1 N–H and O–H groups in total. The van der Waals surface area contributed by atoms with Gasteiger partial charge in [-0.15, -0.1) is 0 Å². The molecule has 2 aliphatic rings. The molecule has 8 nitrogen and oxygen atoms in total. The van der Waals surface area contributed by atoms with Crippen LogP contribution in [0, 0.1) is 11.8 Å². The van der Waals surface area contributed by atoms with Crippen molar-refractivity contribution in [2.75, 3.05) is 26.2 Å². The topological polar surface area (TPSA) is 96.0 Å². The second-order valence-electron chi connectivity index (χ2n) is 7.52. The van der Waals surface area contributed by atoms with Gasteiger partial charge in [0.05, 0.1) is 0 Å². The van der Waals surface area contributed by atoms with E-state index < -0.39 is 30.0 Å². The van der Waals surface area contributed by atoms with Crippen LogP contribution in [0.25, 0.3) is 0 Å². The van der Waals surface area contributed by atoms with Crippen molar-refractivity contribution in [3.05, 3.63) is 0 Å². The summed E-state index contributed by atoms with van der Waals surface area (Å²) in [5.74, 6) is -0.594. The molecule has 4 amide bonds. The van der Waals surface area contributed by atoms with Crippen LogP contribution in [-0.4, -0.2) is 65.4 Å². The van der Waals surface area contributed by atoms with E-state index in [-0.39, 0.29) is 12.5 Å². The molecule has 0 aromatic rings. The van der Waals surface area contributed by atoms with Crippen LogP contribution in [0.3, 0.4) is 0 Å². The van der Waals surface area contributed by atoms with E-state index in [4.69, 9.17) is 4.74 Å². The van der Waals surface area contributed by atoms with Crippen LogP contribution in [-0.2, 0) is 19.1 Å². The predicted molar refractivity (Wildman–Crippen MR) is 94.0 cm³/mol. The standard InChI is InChI=1S/C18H29N3O5/c1-5-18(6-2)16(24)21(17(25)19-18)10-15(23)26-11-14(22)20-8-12(3)7-13(4)9-20/h12-13H,5-11H2,1-4H3,(H,19,25)/t12-,13-/m1/s1. The fourth-order valence-electron chi connectivity index (χ4n) is 3.82. The number of hydrogen-bond acceptors (Lipinski definition) is 5. The number of urea groups is 1. The Bertz CT molecular complexity index is 577. The molecule has 2 fully saturated rings. The number of ether oxygens (including phenoxy) is 1. The average molecular weight is 367 g/mol. The molecule has 8 heteroatoms. The van der Waals surface area contributed by atoms with Crippen LogP contribution >= 0.6 is 0 Å². The smallest absolute Gasteiger partial charge is 0.326 e. The van der Waals surface area contributed by atoms with Crippen LogP contribution in [0.4, 0.5) is 4.79 Å². The van der Waals surface area contributed by atoms with Gasteiger partial charge in [0.25, 0.3) is 11.8 Å². The molecule has 0 aromatic heterocycles. The molecule has 0 aromatic carbocycles. The van der Waals surface area contributed by atoms with Crippen molar-refractivity contribution < 1.29 is 23.9 Å². The Balaban J connectivity index is 1.86. The van der Waals surface area contributed by atoms with E-state index in [1.54, 1.807) is 4.90 Å². The van der Waals surface area contributed by atoms with E-state index in [9.17, 15) is 19.2 Å². The third kappa shape index (κ3) is 4.16. The molecule has 2 rings (SSSR count). The largest absolute Gasteiger partial charge is 0.454 e. The Labute approximate surface area is 154 Å². The van der Waals surface area contributed by atoms with Crippen molar-refractivity contribution in [2.45, 2.75) is 52.5 Å². The van der Waals surface area contributed by atoms with Crippen molar-refractivity contribution in [1.82, 2.24) is 15.1 Å². The lowest BCUT2D eigenvalue weighted by Gasteiger charge is -2.34. The number of esters is 1. The molecule has 146 valence electrons. The van der Waals surface area contributed by atoms with Crippen LogP contribution in [0.5, 0.6) is 0 Å². The predicted octanol–water partition coefficient (Wildman–Crippen LogP) is 1.14. The summed E-state index contributed by atoms with van der Waals surface area (Å²) in [5.41, 5.74) is -0.951. The van der Waals surface area contributed by atoms with Crippen molar-refractivity contribution in [2.24, 2.45) is 11.8 Å². The fourth-order valence-corrected chi connectivity index (χ4v) is 3.82. The molecule has 2 aliphatic heterocycles. The average Bonchev–Trinajstić information content (AvgIpc) is 2.83. The molecule has 0 radical (unpaired) electrons. The summed E-state index contributed by atoms with van der Waals surface area (Å²) in [5, 5.41) is 2.65. The lowest BCUT2D eigenvalue weighted by Crippen LogP contribution is -2.46. The first-order valence-corrected chi connectivity index (χ1v) is 9.29. The number of carbonyl (C=O) groups is 4. The summed E-state index contributed by atoms with van der Waals surface area (Å²) in [7, 11) is 0. The molecule has 2 atom stereocenters. The van der Waals surface area contributed by atoms with Gasteiger partial charge in [-0.3, -0.25) is 19.3 Å². The SMILES string of the molecule is CCC1(CC)NC(=O)N(CC(=O)OCC(=O)N2C[C@H](C)C[C@@H](C)C2)C1=O. The van der Waals surface area contributed by atoms with Gasteiger partial charge in [-0.25, -0.2) is 4.79 Å². The maximum atomic E-state index is 12.5. The monoisotopic (exact) mass is 367 g/mol. The number of nitrogens with zero attached hydrogens (tertiary/aromatic N) is 2. The minimum atomic E-state index is -0.951. The highest BCUT2D eigenvalue weighted by atomic mass is 16.5. The maximum absolute atomic E-state index is 12.5. The van der Waals surface area contributed by atoms with E-state index in [1.165, 1.54) is 0 Å². The molecule has 0 saturated carbocycles. The van der Waals surface area contributed by atoms with Crippen LogP contribution < -0.4 is 5.32 Å². The van der Waals surface area contributed by atoms with Gasteiger partial charge in [-0.1, -0.05) is 27.7 Å². The third-order valence-corrected chi connectivity index (χ3v) is 5.32. The molecule has 0 spiro atoms. The van der Waals surface area contributed by atoms with Crippen LogP contribution in [0.2, 0.25) is 0 Å². The zero-order valence-electron chi connectivity index (χ0n) is 16.0.